The minimum Gasteiger partial charge on any atom is -0.493 e. The lowest BCUT2D eigenvalue weighted by molar-refractivity contribution is 0.213. The number of aliphatic imine (C=N–C) groups is 1. The number of rotatable bonds is 8. The fourth-order valence-electron chi connectivity index (χ4n) is 3.63. The Morgan fingerprint density at radius 1 is 1.06 bits per heavy atom. The van der Waals surface area contributed by atoms with Crippen LogP contribution in [-0.2, 0) is 6.54 Å². The van der Waals surface area contributed by atoms with E-state index < -0.39 is 0 Å². The predicted octanol–water partition coefficient (Wildman–Crippen LogP) is 4.22. The summed E-state index contributed by atoms with van der Waals surface area (Å²) in [7, 11) is 3.41. The summed E-state index contributed by atoms with van der Waals surface area (Å²) >= 11 is 0. The number of nitrogens with one attached hydrogen (secondary N) is 2. The Bertz CT molecular complexity index is 823. The maximum Gasteiger partial charge on any atom is 0.191 e. The lowest BCUT2D eigenvalue weighted by Crippen LogP contribution is -2.41. The number of hydrogen-bond donors (Lipinski definition) is 2. The highest BCUT2D eigenvalue weighted by Gasteiger charge is 2.12. The van der Waals surface area contributed by atoms with Crippen molar-refractivity contribution >= 4 is 35.8 Å². The zero-order valence-corrected chi connectivity index (χ0v) is 21.7. The number of para-hydroxylation sites is 2. The van der Waals surface area contributed by atoms with Crippen molar-refractivity contribution in [1.29, 1.82) is 0 Å². The first-order chi connectivity index (χ1) is 15.2. The average molecular weight is 553 g/mol. The number of benzene rings is 1. The van der Waals surface area contributed by atoms with E-state index in [1.807, 2.05) is 37.4 Å². The third-order valence-electron chi connectivity index (χ3n) is 5.38. The molecule has 0 radical (unpaired) electrons. The molecule has 3 rings (SSSR count). The van der Waals surface area contributed by atoms with Crippen LogP contribution in [0.3, 0.4) is 0 Å². The number of ether oxygens (including phenoxy) is 2. The van der Waals surface area contributed by atoms with Crippen LogP contribution < -0.4 is 25.0 Å². The first-order valence-corrected chi connectivity index (χ1v) is 11.1. The van der Waals surface area contributed by atoms with E-state index in [0.29, 0.717) is 13.1 Å². The molecule has 32 heavy (non-hydrogen) atoms. The molecule has 1 saturated heterocycles. The lowest BCUT2D eigenvalue weighted by Gasteiger charge is -2.21. The Hall–Kier alpha value is -2.23. The van der Waals surface area contributed by atoms with Gasteiger partial charge in [0.2, 0.25) is 0 Å². The minimum absolute atomic E-state index is 0. The van der Waals surface area contributed by atoms with Crippen LogP contribution in [0, 0.1) is 0 Å². The molecule has 0 saturated carbocycles. The molecule has 1 aliphatic heterocycles. The summed E-state index contributed by atoms with van der Waals surface area (Å²) in [5.41, 5.74) is 1.12. The topological polar surface area (TPSA) is 71.0 Å². The quantitative estimate of drug-likeness (QED) is 0.290. The van der Waals surface area contributed by atoms with Crippen molar-refractivity contribution in [3.63, 3.8) is 0 Å². The van der Waals surface area contributed by atoms with E-state index in [1.54, 1.807) is 14.2 Å². The summed E-state index contributed by atoms with van der Waals surface area (Å²) in [6.07, 6.45) is 7.07. The highest BCUT2D eigenvalue weighted by Crippen LogP contribution is 2.26. The van der Waals surface area contributed by atoms with Crippen molar-refractivity contribution in [3.8, 4) is 11.5 Å². The van der Waals surface area contributed by atoms with Gasteiger partial charge < -0.3 is 25.0 Å². The number of guanidine groups is 1. The molecule has 0 bridgehead atoms. The largest absolute Gasteiger partial charge is 0.493 e. The zero-order valence-electron chi connectivity index (χ0n) is 19.3. The zero-order chi connectivity index (χ0) is 21.9. The molecule has 8 heteroatoms. The molecule has 1 atom stereocenters. The van der Waals surface area contributed by atoms with Crippen molar-refractivity contribution in [2.45, 2.75) is 45.3 Å². The van der Waals surface area contributed by atoms with Gasteiger partial charge in [-0.15, -0.1) is 24.0 Å². The summed E-state index contributed by atoms with van der Waals surface area (Å²) in [6, 6.07) is 11.9. The van der Waals surface area contributed by atoms with Gasteiger partial charge in [-0.2, -0.15) is 0 Å². The van der Waals surface area contributed by atoms with Crippen LogP contribution in [0.25, 0.3) is 0 Å². The number of aromatic nitrogens is 1. The monoisotopic (exact) mass is 553 g/mol. The summed E-state index contributed by atoms with van der Waals surface area (Å²) in [5, 5.41) is 6.65. The second-order valence-electron chi connectivity index (χ2n) is 7.81. The van der Waals surface area contributed by atoms with Crippen LogP contribution in [0.1, 0.15) is 38.2 Å². The van der Waals surface area contributed by atoms with Gasteiger partial charge in [0.05, 0.1) is 13.7 Å². The second-order valence-corrected chi connectivity index (χ2v) is 7.81. The number of anilines is 1. The van der Waals surface area contributed by atoms with E-state index in [4.69, 9.17) is 9.47 Å². The van der Waals surface area contributed by atoms with Gasteiger partial charge in [-0.25, -0.2) is 4.98 Å². The van der Waals surface area contributed by atoms with Gasteiger partial charge in [0.15, 0.2) is 17.5 Å². The molecule has 1 aromatic heterocycles. The molecule has 2 heterocycles. The lowest BCUT2D eigenvalue weighted by atomic mass is 10.2. The van der Waals surface area contributed by atoms with Crippen LogP contribution in [-0.4, -0.2) is 50.8 Å². The highest BCUT2D eigenvalue weighted by atomic mass is 127. The molecule has 1 unspecified atom stereocenters. The van der Waals surface area contributed by atoms with Gasteiger partial charge in [0.25, 0.3) is 0 Å². The Balaban J connectivity index is 0.00000363. The molecule has 1 fully saturated rings. The Kier molecular flexibility index (Phi) is 11.4. The van der Waals surface area contributed by atoms with Crippen LogP contribution in [0.4, 0.5) is 5.82 Å². The van der Waals surface area contributed by atoms with Crippen molar-refractivity contribution in [2.24, 2.45) is 4.99 Å². The fourth-order valence-corrected chi connectivity index (χ4v) is 3.63. The van der Waals surface area contributed by atoms with Gasteiger partial charge in [-0.1, -0.05) is 31.0 Å². The van der Waals surface area contributed by atoms with E-state index in [9.17, 15) is 0 Å². The normalized spacial score (nSPS) is 15.2. The summed E-state index contributed by atoms with van der Waals surface area (Å²) < 4.78 is 11.3. The molecular weight excluding hydrogens is 517 g/mol. The van der Waals surface area contributed by atoms with Gasteiger partial charge in [0, 0.05) is 32.9 Å². The third kappa shape index (κ3) is 8.03. The molecule has 2 aromatic rings. The van der Waals surface area contributed by atoms with Crippen molar-refractivity contribution in [1.82, 2.24) is 15.6 Å². The number of nitrogens with zero attached hydrogens (tertiary/aromatic N) is 3. The number of hydrogen-bond acceptors (Lipinski definition) is 5. The molecular formula is C24H36IN5O2. The fraction of sp³-hybridized carbons (Fsp3) is 0.500. The second kappa shape index (κ2) is 14.0. The van der Waals surface area contributed by atoms with Gasteiger partial charge >= 0.3 is 0 Å². The van der Waals surface area contributed by atoms with Crippen LogP contribution in [0.2, 0.25) is 0 Å². The summed E-state index contributed by atoms with van der Waals surface area (Å²) in [5.74, 6) is 3.27. The Labute approximate surface area is 209 Å². The van der Waals surface area contributed by atoms with Crippen LogP contribution in [0.5, 0.6) is 11.5 Å². The van der Waals surface area contributed by atoms with E-state index in [1.165, 1.54) is 25.7 Å². The summed E-state index contributed by atoms with van der Waals surface area (Å²) in [4.78, 5) is 11.4. The SMILES string of the molecule is CN=C(NCc1ccc(N2CCCCCC2)nc1)NCC(C)Oc1ccccc1OC.I. The smallest absolute Gasteiger partial charge is 0.191 e. The van der Waals surface area contributed by atoms with E-state index in [2.05, 4.69) is 37.6 Å². The first kappa shape index (κ1) is 26.0. The first-order valence-electron chi connectivity index (χ1n) is 11.1. The van der Waals surface area contributed by atoms with E-state index in [0.717, 1.165) is 41.9 Å². The molecule has 0 spiro atoms. The molecule has 1 aliphatic rings. The Morgan fingerprint density at radius 2 is 1.78 bits per heavy atom. The Morgan fingerprint density at radius 3 is 2.41 bits per heavy atom. The highest BCUT2D eigenvalue weighted by molar-refractivity contribution is 14.0. The number of methoxy groups -OCH3 is 1. The molecule has 7 nitrogen and oxygen atoms in total. The summed E-state index contributed by atoms with van der Waals surface area (Å²) in [6.45, 7) is 5.50. The molecule has 1 aromatic carbocycles. The van der Waals surface area contributed by atoms with Gasteiger partial charge in [-0.3, -0.25) is 4.99 Å². The maximum atomic E-state index is 5.99. The van der Waals surface area contributed by atoms with Gasteiger partial charge in [-0.05, 0) is 43.5 Å². The molecule has 0 aliphatic carbocycles. The van der Waals surface area contributed by atoms with Crippen LogP contribution >= 0.6 is 24.0 Å². The van der Waals surface area contributed by atoms with E-state index in [-0.39, 0.29) is 30.1 Å². The molecule has 2 N–H and O–H groups in total. The van der Waals surface area contributed by atoms with E-state index >= 15 is 0 Å². The van der Waals surface area contributed by atoms with Crippen molar-refractivity contribution < 1.29 is 9.47 Å². The molecule has 0 amide bonds. The third-order valence-corrected chi connectivity index (χ3v) is 5.38. The van der Waals surface area contributed by atoms with Gasteiger partial charge in [0.1, 0.15) is 11.9 Å². The number of halogens is 1. The molecule has 176 valence electrons. The number of pyridine rings is 1. The minimum atomic E-state index is -0.0515. The van der Waals surface area contributed by atoms with Crippen molar-refractivity contribution in [2.75, 3.05) is 38.7 Å². The maximum absolute atomic E-state index is 5.99. The standard InChI is InChI=1S/C24H35N5O2.HI/c1-19(31-22-11-7-6-10-21(22)30-3)16-27-24(25-2)28-18-20-12-13-23(26-17-20)29-14-8-4-5-9-15-29;/h6-7,10-13,17,19H,4-5,8-9,14-16,18H2,1-3H3,(H2,25,27,28);1H. The predicted molar refractivity (Wildman–Crippen MR) is 142 cm³/mol. The van der Waals surface area contributed by atoms with Crippen LogP contribution in [0.15, 0.2) is 47.6 Å². The van der Waals surface area contributed by atoms with Crippen molar-refractivity contribution in [3.05, 3.63) is 48.2 Å². The average Bonchev–Trinajstić information content (AvgIpc) is 3.09.